The topological polar surface area (TPSA) is 0 Å². The fourth-order valence-corrected chi connectivity index (χ4v) is 0.432. The van der Waals surface area contributed by atoms with Gasteiger partial charge in [-0.3, -0.25) is 0 Å². The van der Waals surface area contributed by atoms with Crippen molar-refractivity contribution in [3.63, 3.8) is 0 Å². The molecule has 0 N–H and O–H groups in total. The van der Waals surface area contributed by atoms with Crippen LogP contribution in [0.5, 0.6) is 0 Å². The fraction of sp³-hybridized carbons (Fsp3) is 0. The molecule has 8 heavy (non-hydrogen) atoms. The van der Waals surface area contributed by atoms with Crippen LogP contribution in [0.4, 0.5) is 0 Å². The molecule has 0 bridgehead atoms. The first-order chi connectivity index (χ1) is 4.00. The van der Waals surface area contributed by atoms with Gasteiger partial charge in [0.25, 0.3) is 0 Å². The lowest BCUT2D eigenvalue weighted by Crippen LogP contribution is -1.56. The number of hydrogen-bond donors (Lipinski definition) is 0. The van der Waals surface area contributed by atoms with Crippen LogP contribution in [0.25, 0.3) is 0 Å². The molecule has 1 rings (SSSR count). The zero-order valence-corrected chi connectivity index (χ0v) is 4.46. The summed E-state index contributed by atoms with van der Waals surface area (Å²) in [6.45, 7) is 0. The van der Waals surface area contributed by atoms with Crippen molar-refractivity contribution in [3.8, 4) is 11.8 Å². The molecule has 0 atom stereocenters. The summed E-state index contributed by atoms with van der Waals surface area (Å²) in [6.07, 6.45) is 11.4. The van der Waals surface area contributed by atoms with Gasteiger partial charge in [-0.1, -0.05) is 36.1 Å². The van der Waals surface area contributed by atoms with Gasteiger partial charge in [-0.05, 0) is 12.2 Å². The second-order valence-electron chi connectivity index (χ2n) is 1.39. The lowest BCUT2D eigenvalue weighted by atomic mass is 10.3. The van der Waals surface area contributed by atoms with Crippen LogP contribution in [0.3, 0.4) is 0 Å². The van der Waals surface area contributed by atoms with E-state index >= 15 is 0 Å². The Morgan fingerprint density at radius 1 is 0.625 bits per heavy atom. The van der Waals surface area contributed by atoms with Crippen molar-refractivity contribution in [1.29, 1.82) is 0 Å². The van der Waals surface area contributed by atoms with E-state index in [1.807, 2.05) is 36.5 Å². The summed E-state index contributed by atoms with van der Waals surface area (Å²) in [5.41, 5.74) is 0. The van der Waals surface area contributed by atoms with Crippen molar-refractivity contribution in [3.05, 3.63) is 36.5 Å². The Bertz CT molecular complexity index is 174. The maximum absolute atomic E-state index is 2.82. The molecular formula is C8H6. The molecule has 1 aliphatic carbocycles. The monoisotopic (exact) mass is 102 g/mol. The lowest BCUT2D eigenvalue weighted by molar-refractivity contribution is 1.89. The van der Waals surface area contributed by atoms with Gasteiger partial charge in [-0.25, -0.2) is 0 Å². The molecule has 0 saturated heterocycles. The van der Waals surface area contributed by atoms with E-state index < -0.39 is 0 Å². The minimum Gasteiger partial charge on any atom is -0.0702 e. The second kappa shape index (κ2) is 2.87. The van der Waals surface area contributed by atoms with Gasteiger partial charge in [0.2, 0.25) is 0 Å². The van der Waals surface area contributed by atoms with Gasteiger partial charge in [-0.15, -0.1) is 0 Å². The average Bonchev–Trinajstić information content (AvgIpc) is 1.62. The molecular weight excluding hydrogens is 96.1 g/mol. The van der Waals surface area contributed by atoms with Crippen molar-refractivity contribution >= 4 is 0 Å². The standard InChI is InChI=1S/C8H6/c1-2-4-6-8-7-5-3-1/h1-6H/b2-1-,3-1?,4-2?,5-3-,6-4?. The fourth-order valence-electron chi connectivity index (χ4n) is 0.432. The highest BCUT2D eigenvalue weighted by Crippen LogP contribution is 1.81. The first kappa shape index (κ1) is 4.93. The van der Waals surface area contributed by atoms with Crippen molar-refractivity contribution < 1.29 is 0 Å². The molecule has 1 aliphatic rings. The van der Waals surface area contributed by atoms with Crippen LogP contribution < -0.4 is 0 Å². The van der Waals surface area contributed by atoms with Crippen LogP contribution in [0, 0.1) is 11.8 Å². The van der Waals surface area contributed by atoms with Gasteiger partial charge in [0.15, 0.2) is 0 Å². The highest BCUT2D eigenvalue weighted by atomic mass is 13.7. The van der Waals surface area contributed by atoms with E-state index in [1.54, 1.807) is 0 Å². The van der Waals surface area contributed by atoms with Gasteiger partial charge in [0.1, 0.15) is 0 Å². The Kier molecular flexibility index (Phi) is 1.77. The molecule has 0 nitrogen and oxygen atoms in total. The molecule has 0 aromatic heterocycles. The highest BCUT2D eigenvalue weighted by Gasteiger charge is 1.63. The van der Waals surface area contributed by atoms with E-state index in [1.165, 1.54) is 0 Å². The van der Waals surface area contributed by atoms with Gasteiger partial charge < -0.3 is 0 Å². The van der Waals surface area contributed by atoms with E-state index in [0.29, 0.717) is 0 Å². The van der Waals surface area contributed by atoms with Crippen molar-refractivity contribution in [2.24, 2.45) is 0 Å². The Morgan fingerprint density at radius 2 is 1.12 bits per heavy atom. The molecule has 0 radical (unpaired) electrons. The molecule has 0 heteroatoms. The quantitative estimate of drug-likeness (QED) is 0.408. The zero-order chi connectivity index (χ0) is 5.66. The van der Waals surface area contributed by atoms with E-state index in [2.05, 4.69) is 11.8 Å². The summed E-state index contributed by atoms with van der Waals surface area (Å²) in [7, 11) is 0. The molecule has 0 aromatic carbocycles. The third-order valence-electron chi connectivity index (χ3n) is 0.776. The van der Waals surface area contributed by atoms with Crippen molar-refractivity contribution in [2.45, 2.75) is 0 Å². The summed E-state index contributed by atoms with van der Waals surface area (Å²) < 4.78 is 0. The van der Waals surface area contributed by atoms with Gasteiger partial charge >= 0.3 is 0 Å². The maximum atomic E-state index is 2.82. The molecule has 0 aliphatic heterocycles. The third kappa shape index (κ3) is 1.49. The first-order valence-corrected chi connectivity index (χ1v) is 2.49. The van der Waals surface area contributed by atoms with E-state index in [0.717, 1.165) is 0 Å². The van der Waals surface area contributed by atoms with Crippen LogP contribution in [0.1, 0.15) is 0 Å². The van der Waals surface area contributed by atoms with Crippen LogP contribution >= 0.6 is 0 Å². The normalized spacial score (nSPS) is 22.0. The molecule has 0 unspecified atom stereocenters. The summed E-state index contributed by atoms with van der Waals surface area (Å²) in [6, 6.07) is 0. The molecule has 0 saturated carbocycles. The van der Waals surface area contributed by atoms with Crippen LogP contribution in [0.15, 0.2) is 36.5 Å². The smallest absolute Gasteiger partial charge is 0.0115 e. The second-order valence-corrected chi connectivity index (χ2v) is 1.39. The summed E-state index contributed by atoms with van der Waals surface area (Å²) in [5.74, 6) is 5.64. The van der Waals surface area contributed by atoms with Crippen LogP contribution in [-0.2, 0) is 0 Å². The molecule has 0 amide bonds. The lowest BCUT2D eigenvalue weighted by Gasteiger charge is -1.73. The highest BCUT2D eigenvalue weighted by molar-refractivity contribution is 5.30. The van der Waals surface area contributed by atoms with Crippen LogP contribution in [-0.4, -0.2) is 0 Å². The summed E-state index contributed by atoms with van der Waals surface area (Å²) in [4.78, 5) is 0. The number of rotatable bonds is 0. The summed E-state index contributed by atoms with van der Waals surface area (Å²) >= 11 is 0. The number of allylic oxidation sites excluding steroid dienone is 6. The maximum Gasteiger partial charge on any atom is -0.0115 e. The van der Waals surface area contributed by atoms with E-state index in [9.17, 15) is 0 Å². The molecule has 38 valence electrons. The Labute approximate surface area is 49.2 Å². The van der Waals surface area contributed by atoms with Gasteiger partial charge in [0, 0.05) is 0 Å². The van der Waals surface area contributed by atoms with E-state index in [-0.39, 0.29) is 0 Å². The average molecular weight is 102 g/mol. The Morgan fingerprint density at radius 3 is 1.62 bits per heavy atom. The van der Waals surface area contributed by atoms with Gasteiger partial charge in [0.05, 0.1) is 0 Å². The molecule has 0 spiro atoms. The minimum absolute atomic E-state index is 1.82. The predicted octanol–water partition coefficient (Wildman–Crippen LogP) is 1.67. The van der Waals surface area contributed by atoms with Crippen molar-refractivity contribution in [2.75, 3.05) is 0 Å². The molecule has 0 fully saturated rings. The van der Waals surface area contributed by atoms with Crippen LogP contribution in [0.2, 0.25) is 0 Å². The zero-order valence-electron chi connectivity index (χ0n) is 4.46. The molecule has 0 aromatic rings. The third-order valence-corrected chi connectivity index (χ3v) is 0.776. The Balaban J connectivity index is 2.76. The van der Waals surface area contributed by atoms with E-state index in [4.69, 9.17) is 0 Å². The molecule has 0 heterocycles. The van der Waals surface area contributed by atoms with Crippen molar-refractivity contribution in [1.82, 2.24) is 0 Å². The Hall–Kier alpha value is -1.22. The SMILES string of the molecule is C1#C/C=C\C=C/C=C1. The predicted molar refractivity (Wildman–Crippen MR) is 35.2 cm³/mol. The largest absolute Gasteiger partial charge is 0.0702 e. The minimum atomic E-state index is 1.82. The van der Waals surface area contributed by atoms with Gasteiger partial charge in [-0.2, -0.15) is 0 Å². The first-order valence-electron chi connectivity index (χ1n) is 2.49. The summed E-state index contributed by atoms with van der Waals surface area (Å²) in [5, 5.41) is 0. The number of hydrogen-bond acceptors (Lipinski definition) is 0.